The van der Waals surface area contributed by atoms with E-state index >= 15 is 0 Å². The number of hydrogen-bond donors (Lipinski definition) is 1. The smallest absolute Gasteiger partial charge is 0.165 e. The molecule has 0 saturated heterocycles. The minimum atomic E-state index is 0.365. The number of methoxy groups -OCH3 is 1. The number of fused-ring (bicyclic) bond motifs is 1. The summed E-state index contributed by atoms with van der Waals surface area (Å²) >= 11 is 0. The van der Waals surface area contributed by atoms with Gasteiger partial charge in [0.05, 0.1) is 13.7 Å². The van der Waals surface area contributed by atoms with Crippen LogP contribution < -0.4 is 14.8 Å². The van der Waals surface area contributed by atoms with Crippen molar-refractivity contribution in [3.8, 4) is 11.5 Å². The van der Waals surface area contributed by atoms with Crippen molar-refractivity contribution in [1.82, 2.24) is 10.2 Å². The number of benzene rings is 1. The van der Waals surface area contributed by atoms with Gasteiger partial charge in [-0.05, 0) is 20.2 Å². The first-order valence-electron chi connectivity index (χ1n) is 6.40. The van der Waals surface area contributed by atoms with E-state index in [2.05, 4.69) is 30.4 Å². The van der Waals surface area contributed by atoms with Crippen LogP contribution in [0, 0.1) is 0 Å². The molecule has 0 spiro atoms. The molecule has 4 heteroatoms. The average molecular weight is 250 g/mol. The molecule has 0 fully saturated rings. The standard InChI is InChI=1S/C14H22N2O2/c1-16(2)9-8-15-12-7-10-18-14-11(12)5-4-6-13(14)17-3/h4-6,12,15H,7-10H2,1-3H3. The molecule has 4 nitrogen and oxygen atoms in total. The molecule has 18 heavy (non-hydrogen) atoms. The van der Waals surface area contributed by atoms with Gasteiger partial charge in [0.1, 0.15) is 0 Å². The van der Waals surface area contributed by atoms with Crippen molar-refractivity contribution in [2.75, 3.05) is 40.9 Å². The Hall–Kier alpha value is -1.26. The molecule has 1 aliphatic heterocycles. The number of likely N-dealkylation sites (N-methyl/N-ethyl adjacent to an activating group) is 1. The quantitative estimate of drug-likeness (QED) is 0.862. The molecule has 1 unspecified atom stereocenters. The molecule has 1 aromatic carbocycles. The third-order valence-electron chi connectivity index (χ3n) is 3.21. The summed E-state index contributed by atoms with van der Waals surface area (Å²) in [6.45, 7) is 2.76. The first kappa shape index (κ1) is 13.2. The number of nitrogens with one attached hydrogen (secondary N) is 1. The van der Waals surface area contributed by atoms with Crippen LogP contribution in [0.4, 0.5) is 0 Å². The van der Waals surface area contributed by atoms with E-state index in [4.69, 9.17) is 9.47 Å². The number of rotatable bonds is 5. The second-order valence-electron chi connectivity index (χ2n) is 4.83. The van der Waals surface area contributed by atoms with Gasteiger partial charge in [-0.2, -0.15) is 0 Å². The first-order chi connectivity index (χ1) is 8.72. The summed E-state index contributed by atoms with van der Waals surface area (Å²) in [5.41, 5.74) is 1.21. The lowest BCUT2D eigenvalue weighted by molar-refractivity contribution is 0.237. The van der Waals surface area contributed by atoms with Crippen LogP contribution >= 0.6 is 0 Å². The van der Waals surface area contributed by atoms with E-state index < -0.39 is 0 Å². The van der Waals surface area contributed by atoms with Gasteiger partial charge in [0.25, 0.3) is 0 Å². The Labute approximate surface area is 109 Å². The molecule has 1 aliphatic rings. The SMILES string of the molecule is COc1cccc2c1OCCC2NCCN(C)C. The lowest BCUT2D eigenvalue weighted by Crippen LogP contribution is -2.32. The predicted octanol–water partition coefficient (Wildman–Crippen LogP) is 1.67. The van der Waals surface area contributed by atoms with Crippen molar-refractivity contribution in [2.45, 2.75) is 12.5 Å². The molecular weight excluding hydrogens is 228 g/mol. The monoisotopic (exact) mass is 250 g/mol. The highest BCUT2D eigenvalue weighted by Crippen LogP contribution is 2.38. The van der Waals surface area contributed by atoms with Crippen molar-refractivity contribution in [2.24, 2.45) is 0 Å². The number of hydrogen-bond acceptors (Lipinski definition) is 4. The fourth-order valence-corrected chi connectivity index (χ4v) is 2.23. The Morgan fingerprint density at radius 2 is 2.28 bits per heavy atom. The van der Waals surface area contributed by atoms with Gasteiger partial charge in [0.15, 0.2) is 11.5 Å². The van der Waals surface area contributed by atoms with E-state index in [9.17, 15) is 0 Å². The normalized spacial score (nSPS) is 18.3. The fourth-order valence-electron chi connectivity index (χ4n) is 2.23. The van der Waals surface area contributed by atoms with Crippen molar-refractivity contribution in [3.63, 3.8) is 0 Å². The van der Waals surface area contributed by atoms with E-state index in [-0.39, 0.29) is 0 Å². The van der Waals surface area contributed by atoms with Crippen LogP contribution in [-0.2, 0) is 0 Å². The molecule has 0 amide bonds. The van der Waals surface area contributed by atoms with E-state index in [1.165, 1.54) is 5.56 Å². The van der Waals surface area contributed by atoms with Crippen LogP contribution in [0.5, 0.6) is 11.5 Å². The highest BCUT2D eigenvalue weighted by molar-refractivity contribution is 5.49. The molecule has 0 aliphatic carbocycles. The highest BCUT2D eigenvalue weighted by atomic mass is 16.5. The van der Waals surface area contributed by atoms with E-state index in [1.807, 2.05) is 12.1 Å². The maximum absolute atomic E-state index is 5.73. The summed E-state index contributed by atoms with van der Waals surface area (Å²) in [4.78, 5) is 2.18. The number of nitrogens with zero attached hydrogens (tertiary/aromatic N) is 1. The summed E-state index contributed by atoms with van der Waals surface area (Å²) in [6, 6.07) is 6.45. The van der Waals surface area contributed by atoms with Crippen LogP contribution in [0.3, 0.4) is 0 Å². The van der Waals surface area contributed by atoms with Gasteiger partial charge in [-0.3, -0.25) is 0 Å². The zero-order valence-electron chi connectivity index (χ0n) is 11.4. The largest absolute Gasteiger partial charge is 0.493 e. The second kappa shape index (κ2) is 6.07. The Kier molecular flexibility index (Phi) is 4.44. The summed E-state index contributed by atoms with van der Waals surface area (Å²) < 4.78 is 11.1. The van der Waals surface area contributed by atoms with Crippen LogP contribution in [0.25, 0.3) is 0 Å². The Balaban J connectivity index is 2.08. The zero-order valence-corrected chi connectivity index (χ0v) is 11.4. The summed E-state index contributed by atoms with van der Waals surface area (Å²) in [5.74, 6) is 1.72. The van der Waals surface area contributed by atoms with Crippen LogP contribution in [0.1, 0.15) is 18.0 Å². The van der Waals surface area contributed by atoms with Crippen molar-refractivity contribution in [3.05, 3.63) is 23.8 Å². The molecular formula is C14H22N2O2. The molecule has 2 rings (SSSR count). The molecule has 0 radical (unpaired) electrons. The third-order valence-corrected chi connectivity index (χ3v) is 3.21. The van der Waals surface area contributed by atoms with Crippen LogP contribution in [0.15, 0.2) is 18.2 Å². The Morgan fingerprint density at radius 1 is 1.44 bits per heavy atom. The van der Waals surface area contributed by atoms with Crippen molar-refractivity contribution in [1.29, 1.82) is 0 Å². The predicted molar refractivity (Wildman–Crippen MR) is 72.4 cm³/mol. The second-order valence-corrected chi connectivity index (χ2v) is 4.83. The minimum absolute atomic E-state index is 0.365. The molecule has 0 saturated carbocycles. The molecule has 1 atom stereocenters. The summed E-state index contributed by atoms with van der Waals surface area (Å²) in [6.07, 6.45) is 1.01. The molecule has 1 heterocycles. The van der Waals surface area contributed by atoms with Crippen molar-refractivity contribution >= 4 is 0 Å². The molecule has 0 bridgehead atoms. The third kappa shape index (κ3) is 2.94. The highest BCUT2D eigenvalue weighted by Gasteiger charge is 2.23. The first-order valence-corrected chi connectivity index (χ1v) is 6.40. The maximum atomic E-state index is 5.73. The van der Waals surface area contributed by atoms with Crippen LogP contribution in [0.2, 0.25) is 0 Å². The Morgan fingerprint density at radius 3 is 3.00 bits per heavy atom. The van der Waals surface area contributed by atoms with Crippen molar-refractivity contribution < 1.29 is 9.47 Å². The number of ether oxygens (including phenoxy) is 2. The minimum Gasteiger partial charge on any atom is -0.493 e. The van der Waals surface area contributed by atoms with E-state index in [0.717, 1.165) is 37.6 Å². The average Bonchev–Trinajstić information content (AvgIpc) is 2.38. The van der Waals surface area contributed by atoms with E-state index in [0.29, 0.717) is 6.04 Å². The van der Waals surface area contributed by atoms with Gasteiger partial charge in [0.2, 0.25) is 0 Å². The fraction of sp³-hybridized carbons (Fsp3) is 0.571. The van der Waals surface area contributed by atoms with Gasteiger partial charge in [-0.25, -0.2) is 0 Å². The summed E-state index contributed by atoms with van der Waals surface area (Å²) in [5, 5.41) is 3.58. The molecule has 1 N–H and O–H groups in total. The summed E-state index contributed by atoms with van der Waals surface area (Å²) in [7, 11) is 5.85. The number of para-hydroxylation sites is 1. The topological polar surface area (TPSA) is 33.7 Å². The molecule has 0 aromatic heterocycles. The maximum Gasteiger partial charge on any atom is 0.165 e. The lowest BCUT2D eigenvalue weighted by atomic mass is 10.00. The molecule has 1 aromatic rings. The van der Waals surface area contributed by atoms with Gasteiger partial charge in [-0.15, -0.1) is 0 Å². The van der Waals surface area contributed by atoms with Crippen LogP contribution in [-0.4, -0.2) is 45.8 Å². The van der Waals surface area contributed by atoms with Gasteiger partial charge >= 0.3 is 0 Å². The van der Waals surface area contributed by atoms with Gasteiger partial charge in [-0.1, -0.05) is 12.1 Å². The Bertz CT molecular complexity index is 393. The molecule has 100 valence electrons. The zero-order chi connectivity index (χ0) is 13.0. The van der Waals surface area contributed by atoms with Gasteiger partial charge in [0, 0.05) is 31.1 Å². The van der Waals surface area contributed by atoms with E-state index in [1.54, 1.807) is 7.11 Å². The van der Waals surface area contributed by atoms with Gasteiger partial charge < -0.3 is 19.7 Å². The lowest BCUT2D eigenvalue weighted by Gasteiger charge is -2.28.